The lowest BCUT2D eigenvalue weighted by Gasteiger charge is -2.27. The summed E-state index contributed by atoms with van der Waals surface area (Å²) in [5.74, 6) is -1.51. The van der Waals surface area contributed by atoms with Crippen molar-refractivity contribution >= 4 is 23.3 Å². The molecule has 0 aliphatic heterocycles. The first-order chi connectivity index (χ1) is 14.6. The molecule has 2 N–H and O–H groups in total. The van der Waals surface area contributed by atoms with E-state index < -0.39 is 17.6 Å². The Bertz CT molecular complexity index is 1040. The van der Waals surface area contributed by atoms with E-state index in [-0.39, 0.29) is 17.6 Å². The van der Waals surface area contributed by atoms with Crippen LogP contribution in [0.5, 0.6) is 0 Å². The zero-order valence-corrected chi connectivity index (χ0v) is 18.8. The average Bonchev–Trinajstić information content (AvgIpc) is 2.92. The first-order valence-electron chi connectivity index (χ1n) is 10.7. The Morgan fingerprint density at radius 2 is 1.84 bits per heavy atom. The maximum Gasteiger partial charge on any atom is 0.294 e. The largest absolute Gasteiger partial charge is 0.346 e. The number of nitrogens with one attached hydrogen (secondary N) is 2. The van der Waals surface area contributed by atoms with Gasteiger partial charge in [0.1, 0.15) is 5.82 Å². The number of amides is 2. The van der Waals surface area contributed by atoms with E-state index in [1.165, 1.54) is 12.1 Å². The van der Waals surface area contributed by atoms with Crippen LogP contribution in [0.25, 0.3) is 0 Å². The predicted molar refractivity (Wildman–Crippen MR) is 118 cm³/mol. The molecule has 2 amide bonds. The van der Waals surface area contributed by atoms with Crippen LogP contribution in [0.2, 0.25) is 0 Å². The van der Waals surface area contributed by atoms with Gasteiger partial charge >= 0.3 is 0 Å². The number of carbonyl (C=O) groups excluding carboxylic acids is 3. The van der Waals surface area contributed by atoms with Crippen LogP contribution < -0.4 is 10.6 Å². The van der Waals surface area contributed by atoms with Crippen LogP contribution in [0.1, 0.15) is 70.3 Å². The molecule has 31 heavy (non-hydrogen) atoms. The normalized spacial score (nSPS) is 18.5. The zero-order chi connectivity index (χ0) is 22.9. The number of benzene rings is 1. The summed E-state index contributed by atoms with van der Waals surface area (Å²) in [4.78, 5) is 38.6. The average molecular weight is 428 g/mol. The topological polar surface area (TPSA) is 80.2 Å². The molecule has 1 saturated carbocycles. The Morgan fingerprint density at radius 1 is 1.13 bits per heavy atom. The van der Waals surface area contributed by atoms with E-state index in [2.05, 4.69) is 17.6 Å². The van der Waals surface area contributed by atoms with Crippen molar-refractivity contribution in [3.63, 3.8) is 0 Å². The number of aromatic nitrogens is 1. The molecule has 0 unspecified atom stereocenters. The Kier molecular flexibility index (Phi) is 6.62. The van der Waals surface area contributed by atoms with Crippen molar-refractivity contribution in [2.24, 2.45) is 13.0 Å². The molecular formula is C24H30FN3O3. The molecule has 0 spiro atoms. The van der Waals surface area contributed by atoms with E-state index in [9.17, 15) is 18.8 Å². The van der Waals surface area contributed by atoms with Crippen molar-refractivity contribution in [2.45, 2.75) is 59.4 Å². The van der Waals surface area contributed by atoms with Crippen LogP contribution in [0.15, 0.2) is 18.2 Å². The van der Waals surface area contributed by atoms with Crippen molar-refractivity contribution in [3.05, 3.63) is 52.1 Å². The van der Waals surface area contributed by atoms with Crippen LogP contribution in [0.3, 0.4) is 0 Å². The van der Waals surface area contributed by atoms with Gasteiger partial charge in [-0.25, -0.2) is 4.39 Å². The van der Waals surface area contributed by atoms with Crippen LogP contribution in [0, 0.1) is 32.5 Å². The number of hydrogen-bond acceptors (Lipinski definition) is 3. The number of aryl methyl sites for hydroxylation is 1. The smallest absolute Gasteiger partial charge is 0.294 e. The molecule has 1 heterocycles. The SMILES string of the molecule is Cc1cc(NC(=O)c2c(C)c(C(=O)C(=O)N[C@@H]3CCC[C@@H](C)C3)n(C)c2C)ccc1F. The van der Waals surface area contributed by atoms with Crippen molar-refractivity contribution < 1.29 is 18.8 Å². The monoisotopic (exact) mass is 427 g/mol. The van der Waals surface area contributed by atoms with E-state index in [0.29, 0.717) is 34.0 Å². The third-order valence-electron chi connectivity index (χ3n) is 6.27. The van der Waals surface area contributed by atoms with E-state index >= 15 is 0 Å². The standard InChI is InChI=1S/C24H30FN3O3/c1-13-7-6-8-17(11-13)27-24(31)22(29)21-15(3)20(16(4)28(21)5)23(30)26-18-9-10-19(25)14(2)12-18/h9-10,12-13,17H,6-8,11H2,1-5H3,(H,26,30)(H,27,31)/t13-,17-/m1/s1. The molecule has 2 atom stereocenters. The summed E-state index contributed by atoms with van der Waals surface area (Å²) in [7, 11) is 1.67. The second kappa shape index (κ2) is 9.04. The Labute approximate surface area is 182 Å². The Morgan fingerprint density at radius 3 is 2.48 bits per heavy atom. The highest BCUT2D eigenvalue weighted by atomic mass is 19.1. The van der Waals surface area contributed by atoms with Gasteiger partial charge < -0.3 is 15.2 Å². The highest BCUT2D eigenvalue weighted by Crippen LogP contribution is 2.25. The van der Waals surface area contributed by atoms with E-state index in [0.717, 1.165) is 25.7 Å². The first kappa shape index (κ1) is 22.7. The van der Waals surface area contributed by atoms with Gasteiger partial charge in [0.05, 0.1) is 11.3 Å². The second-order valence-corrected chi connectivity index (χ2v) is 8.68. The first-order valence-corrected chi connectivity index (χ1v) is 10.7. The van der Waals surface area contributed by atoms with E-state index in [1.54, 1.807) is 38.5 Å². The summed E-state index contributed by atoms with van der Waals surface area (Å²) in [5, 5.41) is 5.63. The third-order valence-corrected chi connectivity index (χ3v) is 6.27. The predicted octanol–water partition coefficient (Wildman–Crippen LogP) is 4.22. The number of rotatable bonds is 5. The van der Waals surface area contributed by atoms with Gasteiger partial charge in [-0.1, -0.05) is 19.8 Å². The highest BCUT2D eigenvalue weighted by Gasteiger charge is 2.30. The summed E-state index contributed by atoms with van der Waals surface area (Å²) >= 11 is 0. The highest BCUT2D eigenvalue weighted by molar-refractivity contribution is 6.43. The lowest BCUT2D eigenvalue weighted by atomic mass is 9.87. The number of hydrogen-bond donors (Lipinski definition) is 2. The molecule has 0 saturated heterocycles. The van der Waals surface area contributed by atoms with Crippen LogP contribution in [0.4, 0.5) is 10.1 Å². The molecule has 6 nitrogen and oxygen atoms in total. The van der Waals surface area contributed by atoms with Crippen LogP contribution >= 0.6 is 0 Å². The van der Waals surface area contributed by atoms with Gasteiger partial charge in [0.2, 0.25) is 0 Å². The molecule has 1 aliphatic carbocycles. The number of anilines is 1. The summed E-state index contributed by atoms with van der Waals surface area (Å²) in [6.07, 6.45) is 3.92. The molecule has 1 aromatic heterocycles. The summed E-state index contributed by atoms with van der Waals surface area (Å²) in [5.41, 5.74) is 2.46. The number of ketones is 1. The molecule has 3 rings (SSSR count). The Hall–Kier alpha value is -2.96. The number of Topliss-reactive ketones (excluding diaryl/α,β-unsaturated/α-hetero) is 1. The van der Waals surface area contributed by atoms with Crippen LogP contribution in [-0.4, -0.2) is 28.2 Å². The molecule has 0 bridgehead atoms. The second-order valence-electron chi connectivity index (χ2n) is 8.68. The fraction of sp³-hybridized carbons (Fsp3) is 0.458. The van der Waals surface area contributed by atoms with Gasteiger partial charge in [-0.05, 0) is 68.9 Å². The fourth-order valence-electron chi connectivity index (χ4n) is 4.47. The molecule has 1 aliphatic rings. The minimum atomic E-state index is -0.641. The molecule has 7 heteroatoms. The van der Waals surface area contributed by atoms with E-state index in [4.69, 9.17) is 0 Å². The lowest BCUT2D eigenvalue weighted by molar-refractivity contribution is -0.118. The lowest BCUT2D eigenvalue weighted by Crippen LogP contribution is -2.42. The van der Waals surface area contributed by atoms with Crippen molar-refractivity contribution in [1.29, 1.82) is 0 Å². The third kappa shape index (κ3) is 4.70. The maximum absolute atomic E-state index is 13.5. The van der Waals surface area contributed by atoms with Crippen molar-refractivity contribution in [3.8, 4) is 0 Å². The van der Waals surface area contributed by atoms with Crippen LogP contribution in [-0.2, 0) is 11.8 Å². The quantitative estimate of drug-likeness (QED) is 0.554. The molecule has 2 aromatic rings. The van der Waals surface area contributed by atoms with Gasteiger partial charge in [0.15, 0.2) is 0 Å². The number of nitrogens with zero attached hydrogens (tertiary/aromatic N) is 1. The van der Waals surface area contributed by atoms with Gasteiger partial charge in [-0.15, -0.1) is 0 Å². The van der Waals surface area contributed by atoms with Gasteiger partial charge in [-0.3, -0.25) is 14.4 Å². The molecule has 1 aromatic carbocycles. The van der Waals surface area contributed by atoms with Gasteiger partial charge in [-0.2, -0.15) is 0 Å². The Balaban J connectivity index is 1.81. The summed E-state index contributed by atoms with van der Waals surface area (Å²) in [6, 6.07) is 4.33. The van der Waals surface area contributed by atoms with Gasteiger partial charge in [0.25, 0.3) is 17.6 Å². The minimum absolute atomic E-state index is 0.00589. The number of carbonyl (C=O) groups is 3. The molecule has 166 valence electrons. The summed E-state index contributed by atoms with van der Waals surface area (Å²) < 4.78 is 15.1. The summed E-state index contributed by atoms with van der Waals surface area (Å²) in [6.45, 7) is 7.17. The van der Waals surface area contributed by atoms with Crippen molar-refractivity contribution in [2.75, 3.05) is 5.32 Å². The molecule has 0 radical (unpaired) electrons. The maximum atomic E-state index is 13.5. The fourth-order valence-corrected chi connectivity index (χ4v) is 4.47. The minimum Gasteiger partial charge on any atom is -0.346 e. The van der Waals surface area contributed by atoms with Gasteiger partial charge in [0, 0.05) is 24.5 Å². The van der Waals surface area contributed by atoms with E-state index in [1.807, 2.05) is 0 Å². The molecular weight excluding hydrogens is 397 g/mol. The van der Waals surface area contributed by atoms with Crippen molar-refractivity contribution in [1.82, 2.24) is 9.88 Å². The molecule has 1 fully saturated rings. The zero-order valence-electron chi connectivity index (χ0n) is 18.8. The number of halogens is 1.